The number of unbranched alkanes of at least 4 members (excludes halogenated alkanes) is 19. The molecule has 1 aliphatic heterocycles. The number of hydrogen-bond acceptors (Lipinski definition) is 10. The van der Waals surface area contributed by atoms with Crippen molar-refractivity contribution >= 4 is 11.9 Å². The molecule has 6 N–H and O–H groups in total. The van der Waals surface area contributed by atoms with Crippen LogP contribution >= 0.6 is 0 Å². The Hall–Kier alpha value is -2.90. The molecule has 0 aliphatic carbocycles. The highest BCUT2D eigenvalue weighted by molar-refractivity contribution is 5.80. The number of allylic oxidation sites excluding steroid dienone is 11. The van der Waals surface area contributed by atoms with E-state index in [-0.39, 0.29) is 19.4 Å². The van der Waals surface area contributed by atoms with Crippen molar-refractivity contribution < 1.29 is 49.3 Å². The maximum absolute atomic E-state index is 13.3. The second kappa shape index (κ2) is 42.5. The fraction of sp³-hybridized carbons (Fsp3) is 0.741. The first-order chi connectivity index (χ1) is 31.7. The topological polar surface area (TPSA) is 175 Å². The maximum atomic E-state index is 13.3. The van der Waals surface area contributed by atoms with E-state index in [0.29, 0.717) is 12.8 Å². The van der Waals surface area contributed by atoms with Gasteiger partial charge in [0.1, 0.15) is 24.4 Å². The number of amides is 1. The van der Waals surface area contributed by atoms with E-state index in [1.54, 1.807) is 6.08 Å². The highest BCUT2D eigenvalue weighted by atomic mass is 16.7. The molecule has 8 unspecified atom stereocenters. The molecule has 11 nitrogen and oxygen atoms in total. The fourth-order valence-corrected chi connectivity index (χ4v) is 7.52. The van der Waals surface area contributed by atoms with E-state index in [2.05, 4.69) is 50.4 Å². The quantitative estimate of drug-likeness (QED) is 0.0150. The Morgan fingerprint density at radius 2 is 1.17 bits per heavy atom. The lowest BCUT2D eigenvalue weighted by Gasteiger charge is -2.41. The van der Waals surface area contributed by atoms with Crippen molar-refractivity contribution in [2.45, 2.75) is 243 Å². The van der Waals surface area contributed by atoms with Crippen LogP contribution in [0.5, 0.6) is 0 Å². The number of rotatable bonds is 41. The average Bonchev–Trinajstić information content (AvgIpc) is 3.30. The lowest BCUT2D eigenvalue weighted by molar-refractivity contribution is -0.305. The molecule has 65 heavy (non-hydrogen) atoms. The monoisotopic (exact) mass is 916 g/mol. The molecule has 1 fully saturated rings. The van der Waals surface area contributed by atoms with Crippen LogP contribution in [-0.2, 0) is 23.8 Å². The summed E-state index contributed by atoms with van der Waals surface area (Å²) in [6.45, 7) is 5.54. The Labute approximate surface area is 394 Å². The molecular formula is C54H93NO10. The van der Waals surface area contributed by atoms with Crippen molar-refractivity contribution in [2.24, 2.45) is 0 Å². The third kappa shape index (κ3) is 31.7. The zero-order valence-corrected chi connectivity index (χ0v) is 40.8. The highest BCUT2D eigenvalue weighted by Crippen LogP contribution is 2.26. The second-order valence-corrected chi connectivity index (χ2v) is 17.6. The van der Waals surface area contributed by atoms with Crippen molar-refractivity contribution in [3.05, 3.63) is 72.9 Å². The summed E-state index contributed by atoms with van der Waals surface area (Å²) in [5, 5.41) is 56.4. The molecule has 1 heterocycles. The van der Waals surface area contributed by atoms with Crippen LogP contribution in [0.25, 0.3) is 0 Å². The van der Waals surface area contributed by atoms with Gasteiger partial charge in [-0.05, 0) is 64.2 Å². The van der Waals surface area contributed by atoms with E-state index in [4.69, 9.17) is 14.2 Å². The highest BCUT2D eigenvalue weighted by Gasteiger charge is 2.47. The van der Waals surface area contributed by atoms with E-state index in [9.17, 15) is 35.1 Å². The molecule has 0 spiro atoms. The number of aliphatic hydroxyl groups is 5. The molecule has 374 valence electrons. The predicted octanol–water partition coefficient (Wildman–Crippen LogP) is 10.5. The van der Waals surface area contributed by atoms with Gasteiger partial charge in [0, 0.05) is 6.42 Å². The SMILES string of the molecule is CC/C=C/C=C/C=C\CCCCCCC(O)C(=O)NC(COC1OC(CO)C(O)C(O)C1OC(=O)CC/C=C/C/C=C\CCCCCCCC)C(O)/C=C/CCCCCCCCCCC. The first kappa shape index (κ1) is 60.1. The van der Waals surface area contributed by atoms with E-state index in [1.807, 2.05) is 42.5 Å². The number of aliphatic hydroxyl groups excluding tert-OH is 5. The smallest absolute Gasteiger partial charge is 0.306 e. The van der Waals surface area contributed by atoms with E-state index < -0.39 is 67.4 Å². The average molecular weight is 916 g/mol. The normalized spacial score (nSPS) is 20.9. The van der Waals surface area contributed by atoms with Gasteiger partial charge in [0.25, 0.3) is 0 Å². The number of carbonyl (C=O) groups is 2. The van der Waals surface area contributed by atoms with Gasteiger partial charge in [-0.3, -0.25) is 9.59 Å². The summed E-state index contributed by atoms with van der Waals surface area (Å²) in [7, 11) is 0. The summed E-state index contributed by atoms with van der Waals surface area (Å²) in [5.74, 6) is -1.30. The van der Waals surface area contributed by atoms with E-state index in [1.165, 1.54) is 77.0 Å². The van der Waals surface area contributed by atoms with Crippen LogP contribution in [-0.4, -0.2) is 99.6 Å². The molecule has 0 aromatic rings. The minimum absolute atomic E-state index is 0.0122. The molecule has 0 radical (unpaired) electrons. The van der Waals surface area contributed by atoms with E-state index >= 15 is 0 Å². The standard InChI is InChI=1S/C54H93NO10/c1-4-7-10-13-16-19-22-24-27-30-33-36-39-42-49(59)65-52-51(61)50(60)48(43-56)64-54(52)63-44-45(46(57)40-37-34-31-28-25-21-18-15-12-9-6-3)55-53(62)47(58)41-38-35-32-29-26-23-20-17-14-11-8-5-2/h8,11,14,17,20,23-24,27,33,36-37,40,45-48,50-52,54,56-58,60-61H,4-7,9-10,12-13,15-16,18-19,21-22,25-26,28-32,34-35,38-39,41-44H2,1-3H3,(H,55,62)/b11-8+,17-14+,23-20-,27-24-,36-33+,40-37+. The first-order valence-electron chi connectivity index (χ1n) is 25.7. The van der Waals surface area contributed by atoms with Gasteiger partial charge >= 0.3 is 5.97 Å². The van der Waals surface area contributed by atoms with Crippen LogP contribution < -0.4 is 5.32 Å². The molecule has 0 aromatic heterocycles. The molecule has 1 amide bonds. The number of carbonyl (C=O) groups excluding carboxylic acids is 2. The van der Waals surface area contributed by atoms with Gasteiger partial charge in [-0.25, -0.2) is 0 Å². The van der Waals surface area contributed by atoms with E-state index in [0.717, 1.165) is 70.6 Å². The van der Waals surface area contributed by atoms with Crippen molar-refractivity contribution in [3.8, 4) is 0 Å². The van der Waals surface area contributed by atoms with Crippen LogP contribution in [0.2, 0.25) is 0 Å². The van der Waals surface area contributed by atoms with Crippen LogP contribution in [0, 0.1) is 0 Å². The minimum atomic E-state index is -1.64. The molecule has 0 bridgehead atoms. The van der Waals surface area contributed by atoms with Crippen LogP contribution in [0.15, 0.2) is 72.9 Å². The van der Waals surface area contributed by atoms with Gasteiger partial charge in [0.05, 0.1) is 25.4 Å². The Balaban J connectivity index is 2.84. The third-order valence-corrected chi connectivity index (χ3v) is 11.7. The Morgan fingerprint density at radius 1 is 0.631 bits per heavy atom. The van der Waals surface area contributed by atoms with Crippen molar-refractivity contribution in [1.82, 2.24) is 5.32 Å². The Kier molecular flexibility index (Phi) is 39.3. The summed E-state index contributed by atoms with van der Waals surface area (Å²) >= 11 is 0. The van der Waals surface area contributed by atoms with Gasteiger partial charge in [-0.15, -0.1) is 0 Å². The lowest BCUT2D eigenvalue weighted by Crippen LogP contribution is -2.61. The zero-order valence-electron chi connectivity index (χ0n) is 40.8. The van der Waals surface area contributed by atoms with Gasteiger partial charge in [-0.2, -0.15) is 0 Å². The number of ether oxygens (including phenoxy) is 3. The summed E-state index contributed by atoms with van der Waals surface area (Å²) in [6, 6.07) is -1.05. The number of nitrogens with one attached hydrogen (secondary N) is 1. The molecule has 0 saturated carbocycles. The van der Waals surface area contributed by atoms with Crippen LogP contribution in [0.3, 0.4) is 0 Å². The molecule has 0 aromatic carbocycles. The van der Waals surface area contributed by atoms with Crippen LogP contribution in [0.1, 0.15) is 194 Å². The van der Waals surface area contributed by atoms with Crippen LogP contribution in [0.4, 0.5) is 0 Å². The maximum Gasteiger partial charge on any atom is 0.306 e. The second-order valence-electron chi connectivity index (χ2n) is 17.6. The number of hydrogen-bond donors (Lipinski definition) is 6. The third-order valence-electron chi connectivity index (χ3n) is 11.7. The van der Waals surface area contributed by atoms with Gasteiger partial charge in [-0.1, -0.05) is 196 Å². The molecular weight excluding hydrogens is 823 g/mol. The van der Waals surface area contributed by atoms with Crippen molar-refractivity contribution in [2.75, 3.05) is 13.2 Å². The van der Waals surface area contributed by atoms with Crippen molar-refractivity contribution in [3.63, 3.8) is 0 Å². The Morgan fingerprint density at radius 3 is 1.77 bits per heavy atom. The van der Waals surface area contributed by atoms with Crippen molar-refractivity contribution in [1.29, 1.82) is 0 Å². The summed E-state index contributed by atoms with van der Waals surface area (Å²) in [6.07, 6.45) is 41.2. The first-order valence-corrected chi connectivity index (χ1v) is 25.7. The van der Waals surface area contributed by atoms with Gasteiger partial charge < -0.3 is 45.1 Å². The van der Waals surface area contributed by atoms with Gasteiger partial charge in [0.15, 0.2) is 12.4 Å². The summed E-state index contributed by atoms with van der Waals surface area (Å²) in [5.41, 5.74) is 0. The molecule has 1 saturated heterocycles. The summed E-state index contributed by atoms with van der Waals surface area (Å²) in [4.78, 5) is 26.3. The van der Waals surface area contributed by atoms with Gasteiger partial charge in [0.2, 0.25) is 5.91 Å². The zero-order chi connectivity index (χ0) is 47.6. The molecule has 11 heteroatoms. The minimum Gasteiger partial charge on any atom is -0.454 e. The lowest BCUT2D eigenvalue weighted by atomic mass is 9.99. The fourth-order valence-electron chi connectivity index (χ4n) is 7.52. The largest absolute Gasteiger partial charge is 0.454 e. The molecule has 1 aliphatic rings. The summed E-state index contributed by atoms with van der Waals surface area (Å²) < 4.78 is 17.4. The molecule has 8 atom stereocenters. The Bertz CT molecular complexity index is 1330. The molecule has 1 rings (SSSR count). The predicted molar refractivity (Wildman–Crippen MR) is 264 cm³/mol. The number of esters is 1.